The third-order valence-corrected chi connectivity index (χ3v) is 2.92. The summed E-state index contributed by atoms with van der Waals surface area (Å²) >= 11 is 5.78. The quantitative estimate of drug-likeness (QED) is 0.685. The molecule has 0 aliphatic carbocycles. The van der Waals surface area contributed by atoms with Crippen molar-refractivity contribution in [1.29, 1.82) is 0 Å². The van der Waals surface area contributed by atoms with E-state index in [1.54, 1.807) is 25.2 Å². The molecule has 0 bridgehead atoms. The molecule has 0 fully saturated rings. The lowest BCUT2D eigenvalue weighted by Gasteiger charge is -2.04. The summed E-state index contributed by atoms with van der Waals surface area (Å²) in [6, 6.07) is 6.41. The fourth-order valence-electron chi connectivity index (χ4n) is 1.56. The number of ketones is 1. The van der Waals surface area contributed by atoms with Crippen molar-refractivity contribution in [3.63, 3.8) is 0 Å². The predicted molar refractivity (Wildman–Crippen MR) is 73.7 cm³/mol. The van der Waals surface area contributed by atoms with E-state index in [9.17, 15) is 9.59 Å². The number of ether oxygens (including phenoxy) is 1. The molecule has 1 aromatic heterocycles. The Balaban J connectivity index is 2.00. The second-order valence-electron chi connectivity index (χ2n) is 4.08. The number of carbonyl (C=O) groups is 2. The van der Waals surface area contributed by atoms with Crippen LogP contribution in [0.2, 0.25) is 5.02 Å². The summed E-state index contributed by atoms with van der Waals surface area (Å²) in [5, 5.41) is 4.27. The number of aromatic nitrogens is 2. The maximum absolute atomic E-state index is 11.8. The normalized spacial score (nSPS) is 10.3. The van der Waals surface area contributed by atoms with E-state index in [1.165, 1.54) is 16.9 Å². The number of nitrogen functional groups attached to an aromatic ring is 1. The molecule has 0 saturated carbocycles. The van der Waals surface area contributed by atoms with Crippen molar-refractivity contribution in [3.05, 3.63) is 46.6 Å². The van der Waals surface area contributed by atoms with Crippen LogP contribution in [0, 0.1) is 0 Å². The molecular formula is C13H12ClN3O3. The molecule has 0 radical (unpaired) electrons. The van der Waals surface area contributed by atoms with Crippen molar-refractivity contribution in [2.24, 2.45) is 7.05 Å². The highest BCUT2D eigenvalue weighted by atomic mass is 35.5. The van der Waals surface area contributed by atoms with Crippen LogP contribution in [-0.4, -0.2) is 28.1 Å². The zero-order valence-corrected chi connectivity index (χ0v) is 11.4. The van der Waals surface area contributed by atoms with Gasteiger partial charge in [0.15, 0.2) is 12.4 Å². The zero-order chi connectivity index (χ0) is 14.7. The molecule has 104 valence electrons. The summed E-state index contributed by atoms with van der Waals surface area (Å²) in [6.45, 7) is -0.381. The van der Waals surface area contributed by atoms with Crippen LogP contribution >= 0.6 is 11.6 Å². The van der Waals surface area contributed by atoms with Crippen molar-refractivity contribution < 1.29 is 14.3 Å². The molecule has 0 aliphatic rings. The van der Waals surface area contributed by atoms with Gasteiger partial charge >= 0.3 is 5.97 Å². The summed E-state index contributed by atoms with van der Waals surface area (Å²) in [6.07, 6.45) is 1.29. The van der Waals surface area contributed by atoms with Crippen LogP contribution in [0.1, 0.15) is 20.7 Å². The van der Waals surface area contributed by atoms with Gasteiger partial charge in [-0.25, -0.2) is 4.79 Å². The van der Waals surface area contributed by atoms with Crippen LogP contribution in [0.4, 0.5) is 5.82 Å². The Morgan fingerprint density at radius 2 is 2.20 bits per heavy atom. The topological polar surface area (TPSA) is 87.2 Å². The van der Waals surface area contributed by atoms with Gasteiger partial charge in [0, 0.05) is 17.6 Å². The van der Waals surface area contributed by atoms with E-state index in [0.717, 1.165) is 0 Å². The lowest BCUT2D eigenvalue weighted by atomic mass is 10.1. The first kappa shape index (κ1) is 14.1. The number of benzene rings is 1. The molecule has 0 spiro atoms. The van der Waals surface area contributed by atoms with Crippen LogP contribution in [0.15, 0.2) is 30.5 Å². The Morgan fingerprint density at radius 3 is 2.80 bits per heavy atom. The fourth-order valence-corrected chi connectivity index (χ4v) is 1.75. The molecule has 0 atom stereocenters. The van der Waals surface area contributed by atoms with Crippen molar-refractivity contribution in [3.8, 4) is 0 Å². The second-order valence-corrected chi connectivity index (χ2v) is 4.51. The number of aryl methyl sites for hydroxylation is 1. The van der Waals surface area contributed by atoms with E-state index < -0.39 is 5.97 Å². The number of rotatable bonds is 4. The highest BCUT2D eigenvalue weighted by Gasteiger charge is 2.17. The van der Waals surface area contributed by atoms with Gasteiger partial charge in [-0.3, -0.25) is 9.48 Å². The molecular weight excluding hydrogens is 282 g/mol. The summed E-state index contributed by atoms with van der Waals surface area (Å²) in [4.78, 5) is 23.6. The zero-order valence-electron chi connectivity index (χ0n) is 10.7. The minimum absolute atomic E-state index is 0.131. The molecule has 7 heteroatoms. The second kappa shape index (κ2) is 5.75. The van der Waals surface area contributed by atoms with E-state index in [4.69, 9.17) is 22.1 Å². The van der Waals surface area contributed by atoms with Crippen molar-refractivity contribution in [2.75, 3.05) is 12.3 Å². The number of esters is 1. The Morgan fingerprint density at radius 1 is 1.45 bits per heavy atom. The largest absolute Gasteiger partial charge is 0.454 e. The maximum Gasteiger partial charge on any atom is 0.343 e. The molecule has 0 saturated heterocycles. The number of nitrogens with zero attached hydrogens (tertiary/aromatic N) is 2. The number of anilines is 1. The van der Waals surface area contributed by atoms with E-state index >= 15 is 0 Å². The molecule has 1 aromatic carbocycles. The van der Waals surface area contributed by atoms with E-state index in [-0.39, 0.29) is 23.8 Å². The molecule has 2 aromatic rings. The number of hydrogen-bond donors (Lipinski definition) is 1. The predicted octanol–water partition coefficient (Wildman–Crippen LogP) is 1.70. The lowest BCUT2D eigenvalue weighted by molar-refractivity contribution is 0.0475. The minimum Gasteiger partial charge on any atom is -0.454 e. The van der Waals surface area contributed by atoms with Gasteiger partial charge < -0.3 is 10.5 Å². The third-order valence-electron chi connectivity index (χ3n) is 2.69. The molecule has 0 amide bonds. The fraction of sp³-hybridized carbons (Fsp3) is 0.154. The van der Waals surface area contributed by atoms with Crippen LogP contribution < -0.4 is 5.73 Å². The highest BCUT2D eigenvalue weighted by Crippen LogP contribution is 2.13. The molecule has 2 rings (SSSR count). The smallest absolute Gasteiger partial charge is 0.343 e. The van der Waals surface area contributed by atoms with Gasteiger partial charge in [0.1, 0.15) is 11.4 Å². The first-order valence-corrected chi connectivity index (χ1v) is 6.10. The summed E-state index contributed by atoms with van der Waals surface area (Å²) < 4.78 is 6.26. The number of Topliss-reactive ketones (excluding diaryl/α,β-unsaturated/α-hetero) is 1. The highest BCUT2D eigenvalue weighted by molar-refractivity contribution is 6.31. The van der Waals surface area contributed by atoms with Gasteiger partial charge in [-0.2, -0.15) is 5.10 Å². The minimum atomic E-state index is -0.689. The van der Waals surface area contributed by atoms with E-state index in [0.29, 0.717) is 10.6 Å². The van der Waals surface area contributed by atoms with Gasteiger partial charge in [0.25, 0.3) is 0 Å². The Kier molecular flexibility index (Phi) is 4.05. The molecule has 1 heterocycles. The molecule has 0 aliphatic heterocycles. The van der Waals surface area contributed by atoms with Crippen LogP contribution in [0.5, 0.6) is 0 Å². The average molecular weight is 294 g/mol. The van der Waals surface area contributed by atoms with Crippen molar-refractivity contribution >= 4 is 29.2 Å². The van der Waals surface area contributed by atoms with Gasteiger partial charge in [-0.05, 0) is 12.1 Å². The van der Waals surface area contributed by atoms with Crippen LogP contribution in [0.3, 0.4) is 0 Å². The van der Waals surface area contributed by atoms with Crippen LogP contribution in [-0.2, 0) is 11.8 Å². The number of nitrogens with two attached hydrogens (primary N) is 1. The number of hydrogen-bond acceptors (Lipinski definition) is 5. The summed E-state index contributed by atoms with van der Waals surface area (Å²) in [5.74, 6) is -0.848. The monoisotopic (exact) mass is 293 g/mol. The van der Waals surface area contributed by atoms with Gasteiger partial charge in [-0.15, -0.1) is 0 Å². The van der Waals surface area contributed by atoms with Crippen molar-refractivity contribution in [1.82, 2.24) is 9.78 Å². The number of carbonyl (C=O) groups excluding carboxylic acids is 2. The molecule has 20 heavy (non-hydrogen) atoms. The summed E-state index contributed by atoms with van der Waals surface area (Å²) in [5.41, 5.74) is 6.15. The first-order valence-electron chi connectivity index (χ1n) is 5.72. The Hall–Kier alpha value is -2.34. The maximum atomic E-state index is 11.8. The first-order chi connectivity index (χ1) is 9.49. The summed E-state index contributed by atoms with van der Waals surface area (Å²) in [7, 11) is 1.60. The van der Waals surface area contributed by atoms with Gasteiger partial charge in [0.05, 0.1) is 6.20 Å². The van der Waals surface area contributed by atoms with E-state index in [1.807, 2.05) is 0 Å². The van der Waals surface area contributed by atoms with Crippen molar-refractivity contribution in [2.45, 2.75) is 0 Å². The van der Waals surface area contributed by atoms with Gasteiger partial charge in [-0.1, -0.05) is 23.7 Å². The van der Waals surface area contributed by atoms with Crippen LogP contribution in [0.25, 0.3) is 0 Å². The molecule has 2 N–H and O–H groups in total. The Bertz CT molecular complexity index is 667. The number of halogens is 1. The Labute approximate surface area is 120 Å². The SMILES string of the molecule is Cn1ncc(C(=O)OCC(=O)c2cccc(Cl)c2)c1N. The lowest BCUT2D eigenvalue weighted by Crippen LogP contribution is -2.15. The average Bonchev–Trinajstić information content (AvgIpc) is 2.76. The third kappa shape index (κ3) is 2.97. The van der Waals surface area contributed by atoms with Gasteiger partial charge in [0.2, 0.25) is 0 Å². The molecule has 0 unspecified atom stereocenters. The van der Waals surface area contributed by atoms with E-state index in [2.05, 4.69) is 5.10 Å². The standard InChI is InChI=1S/C13H12ClN3O3/c1-17-12(15)10(6-16-17)13(19)20-7-11(18)8-3-2-4-9(14)5-8/h2-6H,7,15H2,1H3. The molecule has 6 nitrogen and oxygen atoms in total.